The topological polar surface area (TPSA) is 23.6 Å². The Balaban J connectivity index is 1.46. The molecule has 0 aromatic carbocycles. The van der Waals surface area contributed by atoms with Gasteiger partial charge in [-0.3, -0.25) is 9.69 Å². The molecule has 1 saturated heterocycles. The van der Waals surface area contributed by atoms with Crippen LogP contribution >= 0.6 is 11.3 Å². The summed E-state index contributed by atoms with van der Waals surface area (Å²) < 4.78 is 0. The van der Waals surface area contributed by atoms with Gasteiger partial charge in [-0.05, 0) is 83.0 Å². The maximum absolute atomic E-state index is 12.7. The molecule has 1 aliphatic heterocycles. The fourth-order valence-corrected chi connectivity index (χ4v) is 6.98. The number of rotatable bonds is 4. The highest BCUT2D eigenvalue weighted by molar-refractivity contribution is 7.12. The van der Waals surface area contributed by atoms with Gasteiger partial charge in [0.2, 0.25) is 5.91 Å². The molecule has 4 heteroatoms. The summed E-state index contributed by atoms with van der Waals surface area (Å²) in [5.41, 5.74) is 0.424. The largest absolute Gasteiger partial charge is 0.342 e. The molecule has 1 spiro atoms. The van der Waals surface area contributed by atoms with Gasteiger partial charge in [0.25, 0.3) is 0 Å². The molecule has 0 bridgehead atoms. The van der Waals surface area contributed by atoms with Crippen molar-refractivity contribution >= 4 is 17.2 Å². The summed E-state index contributed by atoms with van der Waals surface area (Å²) in [6, 6.07) is 4.60. The quantitative estimate of drug-likeness (QED) is 0.756. The van der Waals surface area contributed by atoms with Crippen molar-refractivity contribution in [2.24, 2.45) is 11.3 Å². The van der Waals surface area contributed by atoms with Gasteiger partial charge in [0.1, 0.15) is 0 Å². The Labute approximate surface area is 162 Å². The van der Waals surface area contributed by atoms with Crippen LogP contribution in [0.5, 0.6) is 0 Å². The van der Waals surface area contributed by atoms with Gasteiger partial charge in [-0.15, -0.1) is 11.3 Å². The zero-order valence-corrected chi connectivity index (χ0v) is 17.5. The van der Waals surface area contributed by atoms with Crippen LogP contribution < -0.4 is 0 Å². The van der Waals surface area contributed by atoms with Gasteiger partial charge in [-0.25, -0.2) is 0 Å². The first-order valence-corrected chi connectivity index (χ1v) is 11.3. The van der Waals surface area contributed by atoms with E-state index in [2.05, 4.69) is 43.0 Å². The predicted molar refractivity (Wildman–Crippen MR) is 108 cm³/mol. The normalized spacial score (nSPS) is 33.1. The molecule has 1 amide bonds. The molecule has 144 valence electrons. The van der Waals surface area contributed by atoms with Crippen LogP contribution in [-0.4, -0.2) is 42.9 Å². The van der Waals surface area contributed by atoms with E-state index in [9.17, 15) is 4.79 Å². The van der Waals surface area contributed by atoms with E-state index in [1.54, 1.807) is 0 Å². The minimum Gasteiger partial charge on any atom is -0.342 e. The molecule has 1 aromatic heterocycles. The van der Waals surface area contributed by atoms with Gasteiger partial charge < -0.3 is 4.90 Å². The summed E-state index contributed by atoms with van der Waals surface area (Å²) in [4.78, 5) is 20.3. The van der Waals surface area contributed by atoms with E-state index in [1.165, 1.54) is 61.1 Å². The van der Waals surface area contributed by atoms with Crippen molar-refractivity contribution in [3.8, 4) is 0 Å². The Kier molecular flexibility index (Phi) is 4.94. The van der Waals surface area contributed by atoms with Crippen molar-refractivity contribution in [1.82, 2.24) is 9.80 Å². The Morgan fingerprint density at radius 2 is 1.85 bits per heavy atom. The van der Waals surface area contributed by atoms with Gasteiger partial charge in [0, 0.05) is 29.3 Å². The molecule has 0 radical (unpaired) electrons. The van der Waals surface area contributed by atoms with Crippen molar-refractivity contribution in [1.29, 1.82) is 0 Å². The Hall–Kier alpha value is -0.870. The molecule has 3 nitrogen and oxygen atoms in total. The van der Waals surface area contributed by atoms with Crippen LogP contribution in [0.3, 0.4) is 0 Å². The lowest BCUT2D eigenvalue weighted by atomic mass is 9.66. The summed E-state index contributed by atoms with van der Waals surface area (Å²) in [6.07, 6.45) is 10.9. The molecule has 1 aromatic rings. The van der Waals surface area contributed by atoms with Crippen molar-refractivity contribution in [2.75, 3.05) is 27.2 Å². The second kappa shape index (κ2) is 6.94. The Morgan fingerprint density at radius 1 is 1.15 bits per heavy atom. The van der Waals surface area contributed by atoms with E-state index in [0.717, 1.165) is 25.4 Å². The van der Waals surface area contributed by atoms with E-state index in [0.29, 0.717) is 5.91 Å². The third-order valence-electron chi connectivity index (χ3n) is 7.55. The Bertz CT molecular complexity index is 651. The molecular weight excluding hydrogens is 340 g/mol. The fourth-order valence-electron chi connectivity index (χ4n) is 5.78. The third kappa shape index (κ3) is 3.24. The van der Waals surface area contributed by atoms with Crippen LogP contribution in [0.1, 0.15) is 67.5 Å². The molecule has 3 fully saturated rings. The number of hydrogen-bond acceptors (Lipinski definition) is 3. The number of aryl methyl sites for hydroxylation is 1. The number of nitrogens with zero attached hydrogens (tertiary/aromatic N) is 2. The van der Waals surface area contributed by atoms with Gasteiger partial charge in [0.05, 0.1) is 5.54 Å². The highest BCUT2D eigenvalue weighted by Gasteiger charge is 2.50. The van der Waals surface area contributed by atoms with Crippen LogP contribution in [0.2, 0.25) is 0 Å². The number of hydrogen-bond donors (Lipinski definition) is 0. The maximum Gasteiger partial charge on any atom is 0.223 e. The van der Waals surface area contributed by atoms with Gasteiger partial charge in [-0.2, -0.15) is 0 Å². The molecule has 26 heavy (non-hydrogen) atoms. The van der Waals surface area contributed by atoms with Crippen LogP contribution in [0, 0.1) is 18.3 Å². The van der Waals surface area contributed by atoms with Crippen LogP contribution in [-0.2, 0) is 10.3 Å². The first-order chi connectivity index (χ1) is 12.4. The molecular formula is C22H34N2OS. The molecule has 3 aliphatic rings. The molecule has 2 saturated carbocycles. The summed E-state index contributed by atoms with van der Waals surface area (Å²) in [5, 5.41) is 0. The minimum absolute atomic E-state index is 0.173. The summed E-state index contributed by atoms with van der Waals surface area (Å²) in [7, 11) is 4.47. The average Bonchev–Trinajstić information content (AvgIpc) is 3.32. The number of amides is 1. The van der Waals surface area contributed by atoms with E-state index < -0.39 is 0 Å². The average molecular weight is 375 g/mol. The smallest absolute Gasteiger partial charge is 0.223 e. The highest BCUT2D eigenvalue weighted by atomic mass is 32.1. The van der Waals surface area contributed by atoms with Gasteiger partial charge >= 0.3 is 0 Å². The number of carbonyl (C=O) groups excluding carboxylic acids is 1. The van der Waals surface area contributed by atoms with Gasteiger partial charge in [-0.1, -0.05) is 12.8 Å². The second-order valence-electron chi connectivity index (χ2n) is 9.44. The van der Waals surface area contributed by atoms with Crippen molar-refractivity contribution in [2.45, 2.75) is 70.3 Å². The monoisotopic (exact) mass is 374 g/mol. The zero-order valence-electron chi connectivity index (χ0n) is 16.7. The first kappa shape index (κ1) is 18.5. The molecule has 0 unspecified atom stereocenters. The van der Waals surface area contributed by atoms with Crippen molar-refractivity contribution in [3.05, 3.63) is 21.9 Å². The number of thiophene rings is 1. The third-order valence-corrected chi connectivity index (χ3v) is 8.75. The number of carbonyl (C=O) groups is 1. The summed E-state index contributed by atoms with van der Waals surface area (Å²) >= 11 is 1.96. The minimum atomic E-state index is 0.173. The molecule has 2 aliphatic carbocycles. The van der Waals surface area contributed by atoms with Crippen molar-refractivity contribution in [3.63, 3.8) is 0 Å². The summed E-state index contributed by atoms with van der Waals surface area (Å²) in [5.74, 6) is 1.20. The SMILES string of the molecule is Cc1ccc(C2(N(C)C)CCC3(CC2)CC(=O)N(CC2CCCC2)C3)s1. The lowest BCUT2D eigenvalue weighted by molar-refractivity contribution is -0.128. The van der Waals surface area contributed by atoms with E-state index >= 15 is 0 Å². The van der Waals surface area contributed by atoms with E-state index in [4.69, 9.17) is 0 Å². The predicted octanol–water partition coefficient (Wildman–Crippen LogP) is 4.80. The van der Waals surface area contributed by atoms with Gasteiger partial charge in [0.15, 0.2) is 0 Å². The van der Waals surface area contributed by atoms with Crippen LogP contribution in [0.4, 0.5) is 0 Å². The lowest BCUT2D eigenvalue weighted by Gasteiger charge is -2.48. The van der Waals surface area contributed by atoms with E-state index in [1.807, 2.05) is 11.3 Å². The second-order valence-corrected chi connectivity index (χ2v) is 10.7. The highest BCUT2D eigenvalue weighted by Crippen LogP contribution is 2.53. The molecule has 2 heterocycles. The molecule has 4 rings (SSSR count). The molecule has 0 N–H and O–H groups in total. The van der Waals surface area contributed by atoms with E-state index in [-0.39, 0.29) is 11.0 Å². The number of likely N-dealkylation sites (tertiary alicyclic amines) is 1. The standard InChI is InChI=1S/C22H34N2OS/c1-17-8-9-19(26-17)22(23(2)3)12-10-21(11-13-22)14-20(25)24(16-21)15-18-6-4-5-7-18/h8-9,18H,4-7,10-16H2,1-3H3. The Morgan fingerprint density at radius 3 is 2.42 bits per heavy atom. The van der Waals surface area contributed by atoms with Crippen molar-refractivity contribution < 1.29 is 4.79 Å². The first-order valence-electron chi connectivity index (χ1n) is 10.4. The zero-order chi connectivity index (χ0) is 18.4. The lowest BCUT2D eigenvalue weighted by Crippen LogP contribution is -2.47. The van der Waals surface area contributed by atoms with Crippen LogP contribution in [0.15, 0.2) is 12.1 Å². The fraction of sp³-hybridized carbons (Fsp3) is 0.773. The maximum atomic E-state index is 12.7. The summed E-state index contributed by atoms with van der Waals surface area (Å²) in [6.45, 7) is 4.26. The van der Waals surface area contributed by atoms with Crippen LogP contribution in [0.25, 0.3) is 0 Å². The molecule has 0 atom stereocenters.